The highest BCUT2D eigenvalue weighted by Crippen LogP contribution is 2.18. The summed E-state index contributed by atoms with van der Waals surface area (Å²) in [6, 6.07) is 9.04. The first-order valence-electron chi connectivity index (χ1n) is 6.29. The first-order valence-corrected chi connectivity index (χ1v) is 7.11. The highest BCUT2D eigenvalue weighted by molar-refractivity contribution is 7.11. The van der Waals surface area contributed by atoms with Gasteiger partial charge in [-0.05, 0) is 33.3 Å². The molecule has 0 aliphatic rings. The number of aryl methyl sites for hydroxylation is 3. The monoisotopic (exact) mass is 260 g/mol. The van der Waals surface area contributed by atoms with Crippen LogP contribution in [0.5, 0.6) is 0 Å². The number of benzene rings is 1. The Morgan fingerprint density at radius 1 is 1.17 bits per heavy atom. The van der Waals surface area contributed by atoms with Gasteiger partial charge in [0.25, 0.3) is 0 Å². The van der Waals surface area contributed by atoms with E-state index in [-0.39, 0.29) is 0 Å². The second-order valence-electron chi connectivity index (χ2n) is 4.76. The fourth-order valence-electron chi connectivity index (χ4n) is 1.83. The van der Waals surface area contributed by atoms with E-state index in [4.69, 9.17) is 0 Å². The molecule has 1 heterocycles. The Kier molecular flexibility index (Phi) is 4.15. The Morgan fingerprint density at radius 3 is 2.39 bits per heavy atom. The lowest BCUT2D eigenvalue weighted by molar-refractivity contribution is 0.573. The fraction of sp³-hybridized carbons (Fsp3) is 0.400. The summed E-state index contributed by atoms with van der Waals surface area (Å²) in [6.45, 7) is 9.34. The molecule has 0 saturated carbocycles. The molecule has 0 aliphatic carbocycles. The molecule has 0 fully saturated rings. The van der Waals surface area contributed by atoms with Crippen molar-refractivity contribution >= 4 is 11.3 Å². The fourth-order valence-corrected chi connectivity index (χ4v) is 2.71. The standard InChI is InChI=1S/C15H20N2S/c1-10-5-7-14(8-6-10)12(3)16-9-15-17-11(2)13(4)18-15/h5-8,12,16H,9H2,1-4H3. The first kappa shape index (κ1) is 13.2. The third kappa shape index (κ3) is 3.18. The third-order valence-electron chi connectivity index (χ3n) is 3.21. The Balaban J connectivity index is 1.95. The van der Waals surface area contributed by atoms with Gasteiger partial charge in [0.15, 0.2) is 0 Å². The molecule has 1 atom stereocenters. The number of hydrogen-bond acceptors (Lipinski definition) is 3. The summed E-state index contributed by atoms with van der Waals surface area (Å²) in [6.07, 6.45) is 0. The van der Waals surface area contributed by atoms with Gasteiger partial charge in [-0.25, -0.2) is 4.98 Å². The maximum absolute atomic E-state index is 4.55. The summed E-state index contributed by atoms with van der Waals surface area (Å²) in [5, 5.41) is 4.69. The van der Waals surface area contributed by atoms with E-state index in [1.54, 1.807) is 11.3 Å². The van der Waals surface area contributed by atoms with Crippen LogP contribution >= 0.6 is 11.3 Å². The SMILES string of the molecule is Cc1ccc(C(C)NCc2nc(C)c(C)s2)cc1. The van der Waals surface area contributed by atoms with Crippen LogP contribution in [-0.2, 0) is 6.54 Å². The van der Waals surface area contributed by atoms with Crippen molar-refractivity contribution < 1.29 is 0 Å². The number of nitrogens with zero attached hydrogens (tertiary/aromatic N) is 1. The minimum Gasteiger partial charge on any atom is -0.304 e. The maximum Gasteiger partial charge on any atom is 0.107 e. The highest BCUT2D eigenvalue weighted by Gasteiger charge is 2.07. The van der Waals surface area contributed by atoms with Crippen LogP contribution in [0.1, 0.15) is 39.7 Å². The molecule has 0 spiro atoms. The van der Waals surface area contributed by atoms with Gasteiger partial charge in [0, 0.05) is 17.5 Å². The van der Waals surface area contributed by atoms with Gasteiger partial charge < -0.3 is 5.32 Å². The molecule has 2 rings (SSSR count). The van der Waals surface area contributed by atoms with Gasteiger partial charge in [0.2, 0.25) is 0 Å². The summed E-state index contributed by atoms with van der Waals surface area (Å²) < 4.78 is 0. The van der Waals surface area contributed by atoms with Crippen molar-refractivity contribution in [3.8, 4) is 0 Å². The summed E-state index contributed by atoms with van der Waals surface area (Å²) >= 11 is 1.78. The van der Waals surface area contributed by atoms with Gasteiger partial charge in [-0.2, -0.15) is 0 Å². The summed E-state index contributed by atoms with van der Waals surface area (Å²) in [5.74, 6) is 0. The summed E-state index contributed by atoms with van der Waals surface area (Å²) in [5.41, 5.74) is 3.78. The van der Waals surface area contributed by atoms with Crippen LogP contribution in [0.2, 0.25) is 0 Å². The Morgan fingerprint density at radius 2 is 1.83 bits per heavy atom. The predicted octanol–water partition coefficient (Wildman–Crippen LogP) is 3.92. The number of nitrogens with one attached hydrogen (secondary N) is 1. The third-order valence-corrected chi connectivity index (χ3v) is 4.28. The van der Waals surface area contributed by atoms with Crippen LogP contribution in [0.25, 0.3) is 0 Å². The largest absolute Gasteiger partial charge is 0.304 e. The van der Waals surface area contributed by atoms with Crippen molar-refractivity contribution in [3.05, 3.63) is 51.0 Å². The first-order chi connectivity index (χ1) is 8.56. The topological polar surface area (TPSA) is 24.9 Å². The van der Waals surface area contributed by atoms with Crippen LogP contribution < -0.4 is 5.32 Å². The number of aromatic nitrogens is 1. The van der Waals surface area contributed by atoms with Crippen molar-refractivity contribution in [1.29, 1.82) is 0 Å². The molecule has 1 aromatic heterocycles. The van der Waals surface area contributed by atoms with Crippen molar-refractivity contribution in [3.63, 3.8) is 0 Å². The lowest BCUT2D eigenvalue weighted by Gasteiger charge is -2.13. The highest BCUT2D eigenvalue weighted by atomic mass is 32.1. The molecule has 0 radical (unpaired) electrons. The Hall–Kier alpha value is -1.19. The van der Waals surface area contributed by atoms with E-state index < -0.39 is 0 Å². The van der Waals surface area contributed by atoms with Crippen LogP contribution in [0.4, 0.5) is 0 Å². The van der Waals surface area contributed by atoms with Gasteiger partial charge in [-0.1, -0.05) is 29.8 Å². The molecule has 3 heteroatoms. The van der Waals surface area contributed by atoms with E-state index in [2.05, 4.69) is 62.3 Å². The average molecular weight is 260 g/mol. The molecule has 1 unspecified atom stereocenters. The van der Waals surface area contributed by atoms with E-state index >= 15 is 0 Å². The van der Waals surface area contributed by atoms with E-state index in [0.717, 1.165) is 12.2 Å². The molecular weight excluding hydrogens is 240 g/mol. The molecule has 1 aromatic carbocycles. The van der Waals surface area contributed by atoms with Crippen LogP contribution in [0.15, 0.2) is 24.3 Å². The van der Waals surface area contributed by atoms with E-state index in [0.29, 0.717) is 6.04 Å². The second kappa shape index (κ2) is 5.63. The van der Waals surface area contributed by atoms with Crippen LogP contribution in [0.3, 0.4) is 0 Å². The molecule has 1 N–H and O–H groups in total. The Bertz CT molecular complexity index is 494. The lowest BCUT2D eigenvalue weighted by Crippen LogP contribution is -2.17. The second-order valence-corrected chi connectivity index (χ2v) is 6.05. The molecule has 96 valence electrons. The molecule has 0 aliphatic heterocycles. The summed E-state index contributed by atoms with van der Waals surface area (Å²) in [7, 11) is 0. The van der Waals surface area contributed by atoms with Gasteiger partial charge in [0.05, 0.1) is 5.69 Å². The van der Waals surface area contributed by atoms with Gasteiger partial charge in [-0.3, -0.25) is 0 Å². The van der Waals surface area contributed by atoms with Gasteiger partial charge in [-0.15, -0.1) is 11.3 Å². The van der Waals surface area contributed by atoms with Gasteiger partial charge in [0.1, 0.15) is 5.01 Å². The zero-order chi connectivity index (χ0) is 13.1. The summed E-state index contributed by atoms with van der Waals surface area (Å²) in [4.78, 5) is 5.86. The van der Waals surface area contributed by atoms with Crippen molar-refractivity contribution in [2.24, 2.45) is 0 Å². The normalized spacial score (nSPS) is 12.7. The van der Waals surface area contributed by atoms with Crippen molar-refractivity contribution in [2.45, 2.75) is 40.3 Å². The minimum atomic E-state index is 0.357. The molecule has 2 aromatic rings. The molecule has 18 heavy (non-hydrogen) atoms. The van der Waals surface area contributed by atoms with E-state index in [1.807, 2.05) is 0 Å². The predicted molar refractivity (Wildman–Crippen MR) is 78.0 cm³/mol. The van der Waals surface area contributed by atoms with Crippen molar-refractivity contribution in [2.75, 3.05) is 0 Å². The number of hydrogen-bond donors (Lipinski definition) is 1. The van der Waals surface area contributed by atoms with Crippen molar-refractivity contribution in [1.82, 2.24) is 10.3 Å². The van der Waals surface area contributed by atoms with E-state index in [9.17, 15) is 0 Å². The molecule has 0 saturated heterocycles. The minimum absolute atomic E-state index is 0.357. The smallest absolute Gasteiger partial charge is 0.107 e. The molecule has 2 nitrogen and oxygen atoms in total. The number of rotatable bonds is 4. The van der Waals surface area contributed by atoms with E-state index in [1.165, 1.54) is 21.0 Å². The number of thiazole rings is 1. The lowest BCUT2D eigenvalue weighted by atomic mass is 10.1. The van der Waals surface area contributed by atoms with Crippen LogP contribution in [-0.4, -0.2) is 4.98 Å². The van der Waals surface area contributed by atoms with Gasteiger partial charge >= 0.3 is 0 Å². The zero-order valence-corrected chi connectivity index (χ0v) is 12.3. The molecular formula is C15H20N2S. The average Bonchev–Trinajstić information content (AvgIpc) is 2.67. The maximum atomic E-state index is 4.55. The molecule has 0 bridgehead atoms. The Labute approximate surface area is 113 Å². The zero-order valence-electron chi connectivity index (χ0n) is 11.4. The molecule has 0 amide bonds. The quantitative estimate of drug-likeness (QED) is 0.901. The van der Waals surface area contributed by atoms with Crippen LogP contribution in [0, 0.1) is 20.8 Å².